The minimum Gasteiger partial charge on any atom is -0.0602 e. The molecule has 61 valence electrons. The van der Waals surface area contributed by atoms with E-state index >= 15 is 0 Å². The summed E-state index contributed by atoms with van der Waals surface area (Å²) >= 11 is 0. The maximum atomic E-state index is 3.94. The fourth-order valence-electron chi connectivity index (χ4n) is 1.52. The fraction of sp³-hybridized carbons (Fsp3) is 0.900. The SMILES string of the molecule is [CH2]CC(C)(C)CC(C)(C)C. The van der Waals surface area contributed by atoms with Crippen LogP contribution in [0.2, 0.25) is 0 Å². The zero-order valence-corrected chi connectivity index (χ0v) is 8.12. The van der Waals surface area contributed by atoms with Gasteiger partial charge in [0.15, 0.2) is 0 Å². The van der Waals surface area contributed by atoms with E-state index < -0.39 is 0 Å². The van der Waals surface area contributed by atoms with Gasteiger partial charge in [0.25, 0.3) is 0 Å². The lowest BCUT2D eigenvalue weighted by atomic mass is 9.75. The van der Waals surface area contributed by atoms with Crippen molar-refractivity contribution in [2.45, 2.75) is 47.5 Å². The fourth-order valence-corrected chi connectivity index (χ4v) is 1.52. The topological polar surface area (TPSA) is 0 Å². The molecule has 0 atom stereocenters. The van der Waals surface area contributed by atoms with Crippen molar-refractivity contribution >= 4 is 0 Å². The molecule has 0 spiro atoms. The molecule has 0 nitrogen and oxygen atoms in total. The molecule has 0 aliphatic rings. The van der Waals surface area contributed by atoms with E-state index in [4.69, 9.17) is 0 Å². The third-order valence-electron chi connectivity index (χ3n) is 1.69. The Hall–Kier alpha value is 0. The van der Waals surface area contributed by atoms with Crippen LogP contribution in [-0.2, 0) is 0 Å². The Morgan fingerprint density at radius 2 is 1.40 bits per heavy atom. The summed E-state index contributed by atoms with van der Waals surface area (Å²) in [7, 11) is 0. The third-order valence-corrected chi connectivity index (χ3v) is 1.69. The summed E-state index contributed by atoms with van der Waals surface area (Å²) in [6, 6.07) is 0. The molecule has 0 aromatic carbocycles. The summed E-state index contributed by atoms with van der Waals surface area (Å²) in [5.74, 6) is 0. The summed E-state index contributed by atoms with van der Waals surface area (Å²) in [6.07, 6.45) is 2.29. The molecule has 0 heterocycles. The molecular formula is C10H21. The molecule has 0 aromatic heterocycles. The van der Waals surface area contributed by atoms with Gasteiger partial charge in [-0.15, -0.1) is 0 Å². The lowest BCUT2D eigenvalue weighted by Crippen LogP contribution is -2.19. The zero-order chi connectivity index (χ0) is 8.41. The molecule has 0 aliphatic carbocycles. The molecule has 0 saturated heterocycles. The average molecular weight is 141 g/mol. The summed E-state index contributed by atoms with van der Waals surface area (Å²) in [5.41, 5.74) is 0.861. The molecule has 0 rings (SSSR count). The highest BCUT2D eigenvalue weighted by Crippen LogP contribution is 2.34. The molecule has 0 amide bonds. The van der Waals surface area contributed by atoms with E-state index in [-0.39, 0.29) is 0 Å². The van der Waals surface area contributed by atoms with Crippen molar-refractivity contribution in [2.75, 3.05) is 0 Å². The van der Waals surface area contributed by atoms with E-state index in [0.717, 1.165) is 6.42 Å². The van der Waals surface area contributed by atoms with Crippen LogP contribution in [0.5, 0.6) is 0 Å². The Kier molecular flexibility index (Phi) is 2.94. The molecule has 0 aromatic rings. The van der Waals surface area contributed by atoms with Crippen molar-refractivity contribution in [1.82, 2.24) is 0 Å². The Labute approximate surface area is 66.0 Å². The van der Waals surface area contributed by atoms with E-state index in [0.29, 0.717) is 10.8 Å². The standard InChI is InChI=1S/C10H21/c1-7-10(5,6)8-9(2,3)4/h1,7-8H2,2-6H3. The summed E-state index contributed by atoms with van der Waals surface area (Å²) in [4.78, 5) is 0. The number of hydrogen-bond acceptors (Lipinski definition) is 0. The quantitative estimate of drug-likeness (QED) is 0.550. The molecular weight excluding hydrogens is 120 g/mol. The summed E-state index contributed by atoms with van der Waals surface area (Å²) in [5, 5.41) is 0. The Morgan fingerprint density at radius 1 is 1.00 bits per heavy atom. The molecule has 0 saturated carbocycles. The first kappa shape index (κ1) is 10.0. The van der Waals surface area contributed by atoms with Crippen LogP contribution in [-0.4, -0.2) is 0 Å². The van der Waals surface area contributed by atoms with Crippen LogP contribution in [0.3, 0.4) is 0 Å². The van der Waals surface area contributed by atoms with Crippen LogP contribution in [0.1, 0.15) is 47.5 Å². The molecule has 10 heavy (non-hydrogen) atoms. The van der Waals surface area contributed by atoms with Gasteiger partial charge in [-0.2, -0.15) is 0 Å². The Bertz CT molecular complexity index is 93.1. The second-order valence-electron chi connectivity index (χ2n) is 5.15. The average Bonchev–Trinajstić information content (AvgIpc) is 1.60. The van der Waals surface area contributed by atoms with Crippen LogP contribution in [0.25, 0.3) is 0 Å². The molecule has 0 aliphatic heterocycles. The minimum atomic E-state index is 0.415. The maximum absolute atomic E-state index is 3.94. The maximum Gasteiger partial charge on any atom is -0.0349 e. The summed E-state index contributed by atoms with van der Waals surface area (Å²) in [6.45, 7) is 15.4. The first-order valence-electron chi connectivity index (χ1n) is 4.06. The van der Waals surface area contributed by atoms with Crippen molar-refractivity contribution in [2.24, 2.45) is 10.8 Å². The lowest BCUT2D eigenvalue weighted by molar-refractivity contribution is 0.214. The number of hydrogen-bond donors (Lipinski definition) is 0. The molecule has 0 bridgehead atoms. The van der Waals surface area contributed by atoms with Crippen LogP contribution in [0.4, 0.5) is 0 Å². The predicted molar refractivity (Wildman–Crippen MR) is 47.8 cm³/mol. The minimum absolute atomic E-state index is 0.415. The van der Waals surface area contributed by atoms with Crippen molar-refractivity contribution in [1.29, 1.82) is 0 Å². The van der Waals surface area contributed by atoms with Crippen molar-refractivity contribution in [3.63, 3.8) is 0 Å². The van der Waals surface area contributed by atoms with Gasteiger partial charge < -0.3 is 0 Å². The van der Waals surface area contributed by atoms with Gasteiger partial charge >= 0.3 is 0 Å². The van der Waals surface area contributed by atoms with Gasteiger partial charge in [0.1, 0.15) is 0 Å². The Morgan fingerprint density at radius 3 is 1.50 bits per heavy atom. The van der Waals surface area contributed by atoms with Gasteiger partial charge in [-0.05, 0) is 23.7 Å². The van der Waals surface area contributed by atoms with Gasteiger partial charge in [0, 0.05) is 0 Å². The molecule has 1 radical (unpaired) electrons. The van der Waals surface area contributed by atoms with Crippen LogP contribution < -0.4 is 0 Å². The first-order valence-corrected chi connectivity index (χ1v) is 4.06. The molecule has 0 heteroatoms. The van der Waals surface area contributed by atoms with Gasteiger partial charge in [0.2, 0.25) is 0 Å². The highest BCUT2D eigenvalue weighted by molar-refractivity contribution is 4.76. The Balaban J connectivity index is 3.89. The third kappa shape index (κ3) is 4.84. The zero-order valence-electron chi connectivity index (χ0n) is 8.12. The second-order valence-corrected chi connectivity index (χ2v) is 5.15. The molecule has 0 fully saturated rings. The van der Waals surface area contributed by atoms with E-state index in [1.165, 1.54) is 6.42 Å². The van der Waals surface area contributed by atoms with Crippen LogP contribution in [0.15, 0.2) is 0 Å². The van der Waals surface area contributed by atoms with Gasteiger partial charge in [0.05, 0.1) is 0 Å². The normalized spacial score (nSPS) is 13.8. The van der Waals surface area contributed by atoms with E-state index in [1.807, 2.05) is 0 Å². The van der Waals surface area contributed by atoms with E-state index in [2.05, 4.69) is 41.5 Å². The van der Waals surface area contributed by atoms with Crippen molar-refractivity contribution < 1.29 is 0 Å². The molecule has 0 N–H and O–H groups in total. The highest BCUT2D eigenvalue weighted by atomic mass is 14.3. The van der Waals surface area contributed by atoms with Gasteiger partial charge in [-0.3, -0.25) is 0 Å². The predicted octanol–water partition coefficient (Wildman–Crippen LogP) is 3.67. The van der Waals surface area contributed by atoms with Crippen molar-refractivity contribution in [3.05, 3.63) is 6.92 Å². The smallest absolute Gasteiger partial charge is 0.0349 e. The van der Waals surface area contributed by atoms with Crippen LogP contribution in [0, 0.1) is 17.8 Å². The lowest BCUT2D eigenvalue weighted by Gasteiger charge is -2.31. The first-order chi connectivity index (χ1) is 4.27. The monoisotopic (exact) mass is 141 g/mol. The van der Waals surface area contributed by atoms with E-state index in [1.54, 1.807) is 0 Å². The molecule has 0 unspecified atom stereocenters. The largest absolute Gasteiger partial charge is 0.0602 e. The second kappa shape index (κ2) is 2.94. The van der Waals surface area contributed by atoms with E-state index in [9.17, 15) is 0 Å². The van der Waals surface area contributed by atoms with Gasteiger partial charge in [-0.1, -0.05) is 41.5 Å². The highest BCUT2D eigenvalue weighted by Gasteiger charge is 2.23. The summed E-state index contributed by atoms with van der Waals surface area (Å²) < 4.78 is 0. The number of rotatable bonds is 2. The van der Waals surface area contributed by atoms with Gasteiger partial charge in [-0.25, -0.2) is 0 Å². The van der Waals surface area contributed by atoms with Crippen molar-refractivity contribution in [3.8, 4) is 0 Å². The van der Waals surface area contributed by atoms with Crippen LogP contribution >= 0.6 is 0 Å².